The Balaban J connectivity index is 2.22. The number of thiophene rings is 1. The summed E-state index contributed by atoms with van der Waals surface area (Å²) in [5.41, 5.74) is 6.04. The molecule has 2 rings (SSSR count). The maximum atomic E-state index is 13.4. The third-order valence-corrected chi connectivity index (χ3v) is 4.86. The fourth-order valence-electron chi connectivity index (χ4n) is 2.13. The molecule has 0 radical (unpaired) electrons. The van der Waals surface area contributed by atoms with Crippen molar-refractivity contribution in [2.75, 3.05) is 13.6 Å². The van der Waals surface area contributed by atoms with Crippen molar-refractivity contribution in [2.24, 2.45) is 5.73 Å². The zero-order chi connectivity index (χ0) is 15.6. The van der Waals surface area contributed by atoms with E-state index in [2.05, 4.69) is 15.9 Å². The average Bonchev–Trinajstić information content (AvgIpc) is 2.82. The van der Waals surface area contributed by atoms with Crippen molar-refractivity contribution in [3.8, 4) is 0 Å². The molecular formula is C14H14BrF3N2S. The summed E-state index contributed by atoms with van der Waals surface area (Å²) in [5, 5.41) is 1.96. The number of hydrogen-bond acceptors (Lipinski definition) is 3. The number of rotatable bonds is 5. The molecule has 1 atom stereocenters. The number of benzene rings is 1. The van der Waals surface area contributed by atoms with E-state index in [0.717, 1.165) is 21.5 Å². The highest BCUT2D eigenvalue weighted by atomic mass is 79.9. The highest BCUT2D eigenvalue weighted by Gasteiger charge is 2.20. The van der Waals surface area contributed by atoms with E-state index in [-0.39, 0.29) is 6.54 Å². The summed E-state index contributed by atoms with van der Waals surface area (Å²) in [6.45, 7) is 0.756. The number of hydrogen-bond donors (Lipinski definition) is 1. The lowest BCUT2D eigenvalue weighted by molar-refractivity contribution is 0.242. The lowest BCUT2D eigenvalue weighted by atomic mass is 10.0. The minimum Gasteiger partial charge on any atom is -0.329 e. The Morgan fingerprint density at radius 2 is 1.86 bits per heavy atom. The normalized spacial score (nSPS) is 12.9. The van der Waals surface area contributed by atoms with E-state index in [0.29, 0.717) is 12.1 Å². The second-order valence-corrected chi connectivity index (χ2v) is 6.61. The van der Waals surface area contributed by atoms with Crippen LogP contribution in [0.5, 0.6) is 0 Å². The number of likely N-dealkylation sites (N-methyl/N-ethyl adjacent to an activating group) is 1. The molecule has 0 aliphatic heterocycles. The fourth-order valence-corrected chi connectivity index (χ4v) is 3.64. The largest absolute Gasteiger partial charge is 0.329 e. The van der Waals surface area contributed by atoms with Crippen LogP contribution < -0.4 is 5.73 Å². The topological polar surface area (TPSA) is 29.3 Å². The Hall–Kier alpha value is -0.890. The Bertz CT molecular complexity index is 609. The summed E-state index contributed by atoms with van der Waals surface area (Å²) in [6.07, 6.45) is 0. The molecule has 21 heavy (non-hydrogen) atoms. The van der Waals surface area contributed by atoms with Gasteiger partial charge in [-0.1, -0.05) is 0 Å². The van der Waals surface area contributed by atoms with E-state index in [1.807, 2.05) is 23.4 Å². The molecule has 0 bridgehead atoms. The van der Waals surface area contributed by atoms with Gasteiger partial charge in [-0.3, -0.25) is 4.90 Å². The zero-order valence-corrected chi connectivity index (χ0v) is 13.6. The first-order valence-corrected chi connectivity index (χ1v) is 7.87. The van der Waals surface area contributed by atoms with Crippen LogP contribution in [-0.2, 0) is 6.54 Å². The smallest absolute Gasteiger partial charge is 0.194 e. The quantitative estimate of drug-likeness (QED) is 0.794. The molecule has 0 saturated carbocycles. The third-order valence-electron chi connectivity index (χ3n) is 3.17. The van der Waals surface area contributed by atoms with Crippen molar-refractivity contribution in [3.05, 3.63) is 55.9 Å². The van der Waals surface area contributed by atoms with Gasteiger partial charge in [0.25, 0.3) is 0 Å². The van der Waals surface area contributed by atoms with Gasteiger partial charge in [0.1, 0.15) is 0 Å². The summed E-state index contributed by atoms with van der Waals surface area (Å²) in [5.74, 6) is -3.86. The van der Waals surface area contributed by atoms with Gasteiger partial charge >= 0.3 is 0 Å². The zero-order valence-electron chi connectivity index (χ0n) is 11.2. The minimum atomic E-state index is -1.46. The molecule has 0 amide bonds. The minimum absolute atomic E-state index is 0.174. The van der Waals surface area contributed by atoms with Crippen LogP contribution in [0.3, 0.4) is 0 Å². The van der Waals surface area contributed by atoms with Gasteiger partial charge in [0.2, 0.25) is 0 Å². The first-order valence-electron chi connectivity index (χ1n) is 6.20. The Morgan fingerprint density at radius 1 is 1.24 bits per heavy atom. The van der Waals surface area contributed by atoms with Gasteiger partial charge in [0.05, 0.1) is 0 Å². The number of nitrogens with zero attached hydrogens (tertiary/aromatic N) is 1. The van der Waals surface area contributed by atoms with Crippen molar-refractivity contribution in [2.45, 2.75) is 12.6 Å². The Morgan fingerprint density at radius 3 is 2.33 bits per heavy atom. The van der Waals surface area contributed by atoms with Crippen molar-refractivity contribution in [3.63, 3.8) is 0 Å². The highest BCUT2D eigenvalue weighted by Crippen LogP contribution is 2.26. The van der Waals surface area contributed by atoms with Crippen molar-refractivity contribution < 1.29 is 13.2 Å². The molecule has 0 aliphatic carbocycles. The summed E-state index contributed by atoms with van der Waals surface area (Å²) < 4.78 is 40.7. The van der Waals surface area contributed by atoms with E-state index in [4.69, 9.17) is 5.73 Å². The summed E-state index contributed by atoms with van der Waals surface area (Å²) in [6, 6.07) is 3.57. The SMILES string of the molecule is CN(Cc1cc(Br)cs1)C(CN)c1cc(F)c(F)c(F)c1. The molecule has 7 heteroatoms. The second kappa shape index (κ2) is 6.91. The van der Waals surface area contributed by atoms with Gasteiger partial charge < -0.3 is 5.73 Å². The molecule has 1 heterocycles. The predicted molar refractivity (Wildman–Crippen MR) is 81.6 cm³/mol. The van der Waals surface area contributed by atoms with Gasteiger partial charge in [-0.15, -0.1) is 11.3 Å². The maximum Gasteiger partial charge on any atom is 0.194 e. The number of halogens is 4. The molecule has 0 spiro atoms. The molecule has 0 fully saturated rings. The van der Waals surface area contributed by atoms with E-state index >= 15 is 0 Å². The van der Waals surface area contributed by atoms with Crippen molar-refractivity contribution in [1.29, 1.82) is 0 Å². The molecule has 2 aromatic rings. The van der Waals surface area contributed by atoms with E-state index < -0.39 is 23.5 Å². The Kier molecular flexibility index (Phi) is 5.43. The molecule has 2 nitrogen and oxygen atoms in total. The van der Waals surface area contributed by atoms with Crippen LogP contribution in [0.1, 0.15) is 16.5 Å². The second-order valence-electron chi connectivity index (χ2n) is 4.70. The van der Waals surface area contributed by atoms with Crippen LogP contribution in [-0.4, -0.2) is 18.5 Å². The highest BCUT2D eigenvalue weighted by molar-refractivity contribution is 9.10. The average molecular weight is 379 g/mol. The molecule has 1 aromatic carbocycles. The maximum absolute atomic E-state index is 13.4. The fraction of sp³-hybridized carbons (Fsp3) is 0.286. The lowest BCUT2D eigenvalue weighted by Gasteiger charge is -2.27. The van der Waals surface area contributed by atoms with Gasteiger partial charge in [-0.05, 0) is 46.7 Å². The van der Waals surface area contributed by atoms with E-state index in [1.54, 1.807) is 11.3 Å². The molecule has 2 N–H and O–H groups in total. The lowest BCUT2D eigenvalue weighted by Crippen LogP contribution is -2.30. The van der Waals surface area contributed by atoms with E-state index in [9.17, 15) is 13.2 Å². The van der Waals surface area contributed by atoms with Crippen LogP contribution in [0.4, 0.5) is 13.2 Å². The molecular weight excluding hydrogens is 365 g/mol. The molecule has 114 valence electrons. The van der Waals surface area contributed by atoms with Gasteiger partial charge in [0.15, 0.2) is 17.5 Å². The van der Waals surface area contributed by atoms with Crippen LogP contribution in [0.2, 0.25) is 0 Å². The van der Waals surface area contributed by atoms with Crippen molar-refractivity contribution in [1.82, 2.24) is 4.90 Å². The molecule has 1 aromatic heterocycles. The number of nitrogens with two attached hydrogens (primary N) is 1. The van der Waals surface area contributed by atoms with Crippen LogP contribution in [0, 0.1) is 17.5 Å². The van der Waals surface area contributed by atoms with Crippen LogP contribution >= 0.6 is 27.3 Å². The molecule has 0 aliphatic rings. The predicted octanol–water partition coefficient (Wildman–Crippen LogP) is 4.06. The van der Waals surface area contributed by atoms with Crippen LogP contribution in [0.25, 0.3) is 0 Å². The van der Waals surface area contributed by atoms with Gasteiger partial charge in [0, 0.05) is 33.9 Å². The van der Waals surface area contributed by atoms with Gasteiger partial charge in [-0.2, -0.15) is 0 Å². The standard InChI is InChI=1S/C14H14BrF3N2S/c1-20(6-10-4-9(15)7-21-10)13(5-19)8-2-11(16)14(18)12(17)3-8/h2-4,7,13H,5-6,19H2,1H3. The molecule has 1 unspecified atom stereocenters. The van der Waals surface area contributed by atoms with Gasteiger partial charge in [-0.25, -0.2) is 13.2 Å². The van der Waals surface area contributed by atoms with E-state index in [1.165, 1.54) is 0 Å². The first-order chi connectivity index (χ1) is 9.92. The summed E-state index contributed by atoms with van der Waals surface area (Å²) in [7, 11) is 1.81. The summed E-state index contributed by atoms with van der Waals surface area (Å²) >= 11 is 4.95. The first kappa shape index (κ1) is 16.5. The van der Waals surface area contributed by atoms with Crippen molar-refractivity contribution >= 4 is 27.3 Å². The summed E-state index contributed by atoms with van der Waals surface area (Å²) in [4.78, 5) is 2.97. The Labute approximate surface area is 133 Å². The van der Waals surface area contributed by atoms with Crippen LogP contribution in [0.15, 0.2) is 28.1 Å². The third kappa shape index (κ3) is 3.85. The monoisotopic (exact) mass is 378 g/mol. The molecule has 0 saturated heterocycles.